The fraction of sp³-hybridized carbons (Fsp3) is 0.385. The van der Waals surface area contributed by atoms with Crippen molar-refractivity contribution in [3.05, 3.63) is 59.8 Å². The molecule has 2 amide bonds. The van der Waals surface area contributed by atoms with Crippen LogP contribution in [0.5, 0.6) is 0 Å². The number of carbonyl (C=O) groups excluding carboxylic acids is 2. The molecule has 1 aromatic carbocycles. The zero-order valence-electron chi connectivity index (χ0n) is 20.4. The van der Waals surface area contributed by atoms with Crippen molar-refractivity contribution in [2.24, 2.45) is 16.1 Å². The Balaban J connectivity index is 1.22. The van der Waals surface area contributed by atoms with Gasteiger partial charge in [-0.25, -0.2) is 9.78 Å². The lowest BCUT2D eigenvalue weighted by molar-refractivity contribution is -0.0248. The van der Waals surface area contributed by atoms with Crippen molar-refractivity contribution in [1.82, 2.24) is 20.1 Å². The van der Waals surface area contributed by atoms with Crippen LogP contribution in [0.3, 0.4) is 0 Å². The Kier molecular flexibility index (Phi) is 6.60. The largest absolute Gasteiger partial charge is 0.450 e. The van der Waals surface area contributed by atoms with E-state index in [1.807, 2.05) is 35.2 Å². The van der Waals surface area contributed by atoms with Gasteiger partial charge in [-0.05, 0) is 55.3 Å². The van der Waals surface area contributed by atoms with Crippen molar-refractivity contribution < 1.29 is 14.3 Å². The van der Waals surface area contributed by atoms with E-state index in [4.69, 9.17) is 10.5 Å². The Morgan fingerprint density at radius 1 is 1.19 bits per heavy atom. The molecule has 2 saturated heterocycles. The second-order valence-electron chi connectivity index (χ2n) is 9.46. The van der Waals surface area contributed by atoms with E-state index in [2.05, 4.69) is 20.6 Å². The lowest BCUT2D eigenvalue weighted by atomic mass is 9.74. The minimum atomic E-state index is -0.303. The van der Waals surface area contributed by atoms with Gasteiger partial charge in [-0.1, -0.05) is 6.08 Å². The number of nitrogens with zero attached hydrogens (tertiary/aromatic N) is 4. The summed E-state index contributed by atoms with van der Waals surface area (Å²) in [5.74, 6) is 0.754. The maximum atomic E-state index is 12.7. The number of carbonyl (C=O) groups is 2. The predicted octanol–water partition coefficient (Wildman–Crippen LogP) is 2.43. The van der Waals surface area contributed by atoms with Crippen molar-refractivity contribution in [2.75, 3.05) is 51.2 Å². The van der Waals surface area contributed by atoms with E-state index in [-0.39, 0.29) is 18.0 Å². The molecule has 188 valence electrons. The van der Waals surface area contributed by atoms with Gasteiger partial charge in [-0.3, -0.25) is 4.79 Å². The summed E-state index contributed by atoms with van der Waals surface area (Å²) in [6, 6.07) is 11.1. The Bertz CT molecular complexity index is 1200. The number of pyridine rings is 1. The van der Waals surface area contributed by atoms with Crippen molar-refractivity contribution >= 4 is 35.0 Å². The number of nitrogens with two attached hydrogens (primary N) is 1. The molecule has 0 atom stereocenters. The van der Waals surface area contributed by atoms with E-state index < -0.39 is 0 Å². The van der Waals surface area contributed by atoms with Gasteiger partial charge in [0.05, 0.1) is 6.61 Å². The maximum Gasteiger partial charge on any atom is 0.410 e. The van der Waals surface area contributed by atoms with Gasteiger partial charge in [-0.15, -0.1) is 0 Å². The number of nitrogens with one attached hydrogen (secondary N) is 2. The summed E-state index contributed by atoms with van der Waals surface area (Å²) in [6.45, 7) is 6.83. The number of aliphatic imine (C=N–C) groups is 1. The van der Waals surface area contributed by atoms with Crippen molar-refractivity contribution in [3.8, 4) is 0 Å². The molecule has 0 aliphatic carbocycles. The molecule has 10 heteroatoms. The third kappa shape index (κ3) is 4.90. The number of amides is 2. The second kappa shape index (κ2) is 9.98. The number of aromatic nitrogens is 1. The molecular formula is C26H31N7O3. The molecule has 2 aromatic rings. The highest BCUT2D eigenvalue weighted by Gasteiger charge is 2.49. The molecule has 4 heterocycles. The normalized spacial score (nSPS) is 18.7. The Morgan fingerprint density at radius 3 is 2.61 bits per heavy atom. The van der Waals surface area contributed by atoms with Crippen LogP contribution in [-0.4, -0.2) is 78.6 Å². The molecule has 0 unspecified atom stereocenters. The lowest BCUT2D eigenvalue weighted by Gasteiger charge is -2.56. The van der Waals surface area contributed by atoms with Crippen molar-refractivity contribution in [2.45, 2.75) is 13.3 Å². The third-order valence-electron chi connectivity index (χ3n) is 6.84. The molecule has 3 aliphatic heterocycles. The van der Waals surface area contributed by atoms with Crippen LogP contribution >= 0.6 is 0 Å². The molecule has 36 heavy (non-hydrogen) atoms. The average Bonchev–Trinajstić information content (AvgIpc) is 2.83. The van der Waals surface area contributed by atoms with Gasteiger partial charge in [-0.2, -0.15) is 4.99 Å². The van der Waals surface area contributed by atoms with Gasteiger partial charge in [0.15, 0.2) is 11.8 Å². The van der Waals surface area contributed by atoms with Gasteiger partial charge < -0.3 is 30.9 Å². The highest BCUT2D eigenvalue weighted by Crippen LogP contribution is 2.35. The highest BCUT2D eigenvalue weighted by molar-refractivity contribution is 5.97. The van der Waals surface area contributed by atoms with Gasteiger partial charge in [0.2, 0.25) is 0 Å². The third-order valence-corrected chi connectivity index (χ3v) is 6.84. The summed E-state index contributed by atoms with van der Waals surface area (Å²) in [4.78, 5) is 37.1. The fourth-order valence-corrected chi connectivity index (χ4v) is 4.81. The first-order chi connectivity index (χ1) is 17.5. The monoisotopic (exact) mass is 489 g/mol. The van der Waals surface area contributed by atoms with Crippen molar-refractivity contribution in [3.63, 3.8) is 0 Å². The lowest BCUT2D eigenvalue weighted by Crippen LogP contribution is -2.71. The zero-order chi connectivity index (χ0) is 25.1. The summed E-state index contributed by atoms with van der Waals surface area (Å²) >= 11 is 0. The van der Waals surface area contributed by atoms with Gasteiger partial charge in [0.1, 0.15) is 0 Å². The average molecular weight is 490 g/mol. The quantitative estimate of drug-likeness (QED) is 0.435. The van der Waals surface area contributed by atoms with Crippen LogP contribution in [-0.2, 0) is 4.74 Å². The molecule has 2 fully saturated rings. The zero-order valence-corrected chi connectivity index (χ0v) is 20.4. The number of hydrogen-bond donors (Lipinski definition) is 3. The Hall–Kier alpha value is -3.92. The van der Waals surface area contributed by atoms with E-state index in [0.717, 1.165) is 43.0 Å². The fourth-order valence-electron chi connectivity index (χ4n) is 4.81. The predicted molar refractivity (Wildman–Crippen MR) is 138 cm³/mol. The number of benzene rings is 1. The Morgan fingerprint density at radius 2 is 1.97 bits per heavy atom. The van der Waals surface area contributed by atoms with Crippen LogP contribution in [0.25, 0.3) is 5.57 Å². The van der Waals surface area contributed by atoms with Gasteiger partial charge in [0.25, 0.3) is 5.91 Å². The molecule has 1 aromatic heterocycles. The van der Waals surface area contributed by atoms with Crippen LogP contribution < -0.4 is 16.4 Å². The molecular weight excluding hydrogens is 458 g/mol. The summed E-state index contributed by atoms with van der Waals surface area (Å²) in [5, 5.41) is 6.36. The molecule has 0 radical (unpaired) electrons. The maximum absolute atomic E-state index is 12.7. The van der Waals surface area contributed by atoms with Crippen LogP contribution in [0.2, 0.25) is 0 Å². The summed E-state index contributed by atoms with van der Waals surface area (Å²) in [5.41, 5.74) is 9.82. The number of guanidine groups is 1. The van der Waals surface area contributed by atoms with E-state index in [1.165, 1.54) is 0 Å². The standard InChI is InChI=1S/C26H31N7O3/c1-2-36-25(35)32-12-9-18(10-13-32)21-4-3-11-29-22(21)31-24(27)30-20-7-5-19(6-8-20)23(34)33-16-26(17-33)14-28-15-26/h3-9,11,28H,2,10,12-17H2,1H3,(H3,27,29,30,31). The molecule has 0 bridgehead atoms. The van der Waals surface area contributed by atoms with Crippen molar-refractivity contribution in [1.29, 1.82) is 0 Å². The number of hydrogen-bond acceptors (Lipinski definition) is 6. The molecule has 1 spiro atoms. The minimum absolute atomic E-state index is 0.0566. The number of likely N-dealkylation sites (tertiary alicyclic amines) is 1. The number of anilines is 1. The molecule has 5 rings (SSSR count). The summed E-state index contributed by atoms with van der Waals surface area (Å²) in [6.07, 6.45) is 4.04. The SMILES string of the molecule is CCOC(=O)N1CC=C(c2cccnc2N=C(N)Nc2ccc(C(=O)N3CC4(CNC4)C3)cc2)CC1. The van der Waals surface area contributed by atoms with Crippen LogP contribution in [0.15, 0.2) is 53.7 Å². The summed E-state index contributed by atoms with van der Waals surface area (Å²) in [7, 11) is 0. The molecule has 0 saturated carbocycles. The van der Waals surface area contributed by atoms with Crippen LogP contribution in [0.1, 0.15) is 29.3 Å². The smallest absolute Gasteiger partial charge is 0.410 e. The first kappa shape index (κ1) is 23.8. The number of ether oxygens (including phenoxy) is 1. The van der Waals surface area contributed by atoms with E-state index >= 15 is 0 Å². The molecule has 3 aliphatic rings. The molecule has 4 N–H and O–H groups in total. The van der Waals surface area contributed by atoms with Crippen LogP contribution in [0.4, 0.5) is 16.3 Å². The van der Waals surface area contributed by atoms with Gasteiger partial charge in [0, 0.05) is 67.7 Å². The van der Waals surface area contributed by atoms with E-state index in [1.54, 1.807) is 30.2 Å². The highest BCUT2D eigenvalue weighted by atomic mass is 16.6. The van der Waals surface area contributed by atoms with Gasteiger partial charge >= 0.3 is 6.09 Å². The topological polar surface area (TPSA) is 125 Å². The number of rotatable bonds is 5. The first-order valence-corrected chi connectivity index (χ1v) is 12.2. The van der Waals surface area contributed by atoms with Crippen LogP contribution in [0, 0.1) is 5.41 Å². The minimum Gasteiger partial charge on any atom is -0.450 e. The second-order valence-corrected chi connectivity index (χ2v) is 9.46. The molecule has 10 nitrogen and oxygen atoms in total. The van der Waals surface area contributed by atoms with E-state index in [9.17, 15) is 9.59 Å². The Labute approximate surface area is 210 Å². The summed E-state index contributed by atoms with van der Waals surface area (Å²) < 4.78 is 5.09. The first-order valence-electron chi connectivity index (χ1n) is 12.2. The van der Waals surface area contributed by atoms with E-state index in [0.29, 0.717) is 42.9 Å².